The summed E-state index contributed by atoms with van der Waals surface area (Å²) in [6.45, 7) is 2.04. The van der Waals surface area contributed by atoms with Gasteiger partial charge in [0.15, 0.2) is 11.8 Å². The Kier molecular flexibility index (Phi) is 6.39. The van der Waals surface area contributed by atoms with Gasteiger partial charge in [-0.25, -0.2) is 4.68 Å². The average molecular weight is 434 g/mol. The van der Waals surface area contributed by atoms with Crippen LogP contribution in [0, 0.1) is 5.92 Å². The van der Waals surface area contributed by atoms with E-state index < -0.39 is 18.3 Å². The molecule has 2 aromatic rings. The Morgan fingerprint density at radius 2 is 1.87 bits per heavy atom. The highest BCUT2D eigenvalue weighted by atomic mass is 19.4. The van der Waals surface area contributed by atoms with Gasteiger partial charge in [0.2, 0.25) is 0 Å². The quantitative estimate of drug-likeness (QED) is 0.519. The van der Waals surface area contributed by atoms with E-state index in [1.54, 1.807) is 0 Å². The van der Waals surface area contributed by atoms with Crippen molar-refractivity contribution in [2.45, 2.75) is 83.0 Å². The minimum atomic E-state index is -4.44. The van der Waals surface area contributed by atoms with Gasteiger partial charge >= 0.3 is 6.18 Å². The molecule has 7 heteroatoms. The zero-order chi connectivity index (χ0) is 22.0. The maximum absolute atomic E-state index is 13.9. The van der Waals surface area contributed by atoms with Gasteiger partial charge in [0.05, 0.1) is 17.8 Å². The second-order valence-electron chi connectivity index (χ2n) is 8.90. The monoisotopic (exact) mass is 433 g/mol. The lowest BCUT2D eigenvalue weighted by atomic mass is 9.85. The third kappa shape index (κ3) is 4.80. The number of aromatic nitrogens is 2. The van der Waals surface area contributed by atoms with Crippen LogP contribution in [0.1, 0.15) is 91.9 Å². The second kappa shape index (κ2) is 9.05. The van der Waals surface area contributed by atoms with Crippen LogP contribution in [-0.4, -0.2) is 21.7 Å². The summed E-state index contributed by atoms with van der Waals surface area (Å²) in [7, 11) is 0. The first-order valence-electron chi connectivity index (χ1n) is 11.4. The largest absolute Gasteiger partial charge is 0.410 e. The Morgan fingerprint density at radius 1 is 1.16 bits per heavy atom. The van der Waals surface area contributed by atoms with Crippen molar-refractivity contribution in [3.05, 3.63) is 47.2 Å². The number of nitrogens with zero attached hydrogens (tertiary/aromatic N) is 2. The van der Waals surface area contributed by atoms with Gasteiger partial charge in [-0.3, -0.25) is 4.79 Å². The molecule has 2 aliphatic rings. The number of fused-ring (bicyclic) bond motifs is 1. The Labute approximate surface area is 181 Å². The molecule has 2 heterocycles. The van der Waals surface area contributed by atoms with E-state index in [0.717, 1.165) is 41.5 Å². The van der Waals surface area contributed by atoms with Crippen LogP contribution in [0.5, 0.6) is 0 Å². The predicted molar refractivity (Wildman–Crippen MR) is 114 cm³/mol. The van der Waals surface area contributed by atoms with Gasteiger partial charge in [-0.05, 0) is 29.9 Å². The molecule has 1 N–H and O–H groups in total. The highest BCUT2D eigenvalue weighted by Gasteiger charge is 2.47. The molecule has 1 aromatic carbocycles. The van der Waals surface area contributed by atoms with E-state index in [-0.39, 0.29) is 23.6 Å². The van der Waals surface area contributed by atoms with Crippen LogP contribution < -0.4 is 5.32 Å². The number of anilines is 1. The topological polar surface area (TPSA) is 46.9 Å². The molecule has 0 spiro atoms. The Bertz CT molecular complexity index is 898. The Balaban J connectivity index is 1.57. The molecule has 1 aromatic heterocycles. The first-order valence-corrected chi connectivity index (χ1v) is 11.4. The smallest absolute Gasteiger partial charge is 0.363 e. The van der Waals surface area contributed by atoms with Gasteiger partial charge in [0, 0.05) is 12.8 Å². The van der Waals surface area contributed by atoms with Crippen LogP contribution in [0.3, 0.4) is 0 Å². The fourth-order valence-corrected chi connectivity index (χ4v) is 4.92. The number of nitrogens with one attached hydrogen (secondary N) is 1. The fraction of sp³-hybridized carbons (Fsp3) is 0.583. The van der Waals surface area contributed by atoms with E-state index in [2.05, 4.69) is 10.4 Å². The van der Waals surface area contributed by atoms with Crippen molar-refractivity contribution in [2.75, 3.05) is 5.32 Å². The van der Waals surface area contributed by atoms with E-state index in [1.807, 2.05) is 31.2 Å². The number of ketones is 1. The highest BCUT2D eigenvalue weighted by Crippen LogP contribution is 2.44. The lowest BCUT2D eigenvalue weighted by Gasteiger charge is -2.34. The van der Waals surface area contributed by atoms with Crippen molar-refractivity contribution in [3.8, 4) is 0 Å². The van der Waals surface area contributed by atoms with Crippen molar-refractivity contribution < 1.29 is 18.0 Å². The molecule has 168 valence electrons. The first kappa shape index (κ1) is 21.9. The van der Waals surface area contributed by atoms with E-state index >= 15 is 0 Å². The molecule has 1 fully saturated rings. The fourth-order valence-electron chi connectivity index (χ4n) is 4.92. The van der Waals surface area contributed by atoms with Crippen molar-refractivity contribution in [1.82, 2.24) is 9.78 Å². The van der Waals surface area contributed by atoms with Crippen molar-refractivity contribution >= 4 is 11.6 Å². The number of aryl methyl sites for hydroxylation is 1. The summed E-state index contributed by atoms with van der Waals surface area (Å²) in [6.07, 6.45) is 4.70. The van der Waals surface area contributed by atoms with Crippen molar-refractivity contribution in [3.63, 3.8) is 0 Å². The second-order valence-corrected chi connectivity index (χ2v) is 8.90. The average Bonchev–Trinajstić information content (AvgIpc) is 3.21. The van der Waals surface area contributed by atoms with Gasteiger partial charge in [-0.1, -0.05) is 63.3 Å². The molecule has 0 amide bonds. The molecule has 4 rings (SSSR count). The van der Waals surface area contributed by atoms with Gasteiger partial charge in [0.25, 0.3) is 0 Å². The van der Waals surface area contributed by atoms with Gasteiger partial charge in [-0.15, -0.1) is 0 Å². The lowest BCUT2D eigenvalue weighted by Crippen LogP contribution is -2.36. The molecule has 1 aliphatic heterocycles. The molecular formula is C24H30F3N3O. The van der Waals surface area contributed by atoms with Crippen molar-refractivity contribution in [1.29, 1.82) is 0 Å². The van der Waals surface area contributed by atoms with E-state index in [1.165, 1.54) is 25.5 Å². The summed E-state index contributed by atoms with van der Waals surface area (Å²) in [5, 5.41) is 7.19. The third-order valence-corrected chi connectivity index (χ3v) is 6.83. The Morgan fingerprint density at radius 3 is 2.52 bits per heavy atom. The van der Waals surface area contributed by atoms with Crippen LogP contribution in [0.25, 0.3) is 0 Å². The number of carbonyl (C=O) groups excluding carboxylic acids is 1. The lowest BCUT2D eigenvalue weighted by molar-refractivity contribution is -0.173. The van der Waals surface area contributed by atoms with Crippen LogP contribution in [0.4, 0.5) is 19.0 Å². The molecule has 2 unspecified atom stereocenters. The molecule has 0 radical (unpaired) electrons. The molecule has 4 nitrogen and oxygen atoms in total. The minimum Gasteiger partial charge on any atom is -0.363 e. The van der Waals surface area contributed by atoms with E-state index in [9.17, 15) is 18.0 Å². The van der Waals surface area contributed by atoms with Crippen LogP contribution in [-0.2, 0) is 6.42 Å². The maximum atomic E-state index is 13.9. The Hall–Kier alpha value is -2.31. The predicted octanol–water partition coefficient (Wildman–Crippen LogP) is 6.65. The van der Waals surface area contributed by atoms with Gasteiger partial charge in [0.1, 0.15) is 5.82 Å². The number of halogens is 3. The van der Waals surface area contributed by atoms with Crippen LogP contribution in [0.15, 0.2) is 30.5 Å². The first-order chi connectivity index (χ1) is 14.9. The van der Waals surface area contributed by atoms with E-state index in [0.29, 0.717) is 12.3 Å². The highest BCUT2D eigenvalue weighted by molar-refractivity contribution is 6.00. The standard InChI is InChI=1S/C24H30F3N3O/c1-2-16-8-11-18(12-9-16)20-14-22(24(25,26)27)30-23(29-20)19(15-28-30)21(31)13-10-17-6-4-3-5-7-17/h8-9,11-12,15,17,20,22,29H,2-7,10,13-14H2,1H3. The van der Waals surface area contributed by atoms with Crippen LogP contribution >= 0.6 is 0 Å². The summed E-state index contributed by atoms with van der Waals surface area (Å²) in [5.74, 6) is 0.624. The van der Waals surface area contributed by atoms with Crippen molar-refractivity contribution in [2.24, 2.45) is 5.92 Å². The summed E-state index contributed by atoms with van der Waals surface area (Å²) < 4.78 is 42.5. The summed E-state index contributed by atoms with van der Waals surface area (Å²) >= 11 is 0. The zero-order valence-corrected chi connectivity index (χ0v) is 17.9. The number of alkyl halides is 3. The maximum Gasteiger partial charge on any atom is 0.410 e. The summed E-state index contributed by atoms with van der Waals surface area (Å²) in [5.41, 5.74) is 2.20. The number of carbonyl (C=O) groups is 1. The van der Waals surface area contributed by atoms with Gasteiger partial charge in [-0.2, -0.15) is 18.3 Å². The molecule has 1 aliphatic carbocycles. The summed E-state index contributed by atoms with van der Waals surface area (Å²) in [6, 6.07) is 5.37. The third-order valence-electron chi connectivity index (χ3n) is 6.83. The molecule has 1 saturated carbocycles. The molecule has 0 bridgehead atoms. The minimum absolute atomic E-state index is 0.123. The molecule has 2 atom stereocenters. The van der Waals surface area contributed by atoms with E-state index in [4.69, 9.17) is 0 Å². The number of hydrogen-bond donors (Lipinski definition) is 1. The number of benzene rings is 1. The number of hydrogen-bond acceptors (Lipinski definition) is 3. The number of Topliss-reactive ketones (excluding diaryl/α,β-unsaturated/α-hetero) is 1. The summed E-state index contributed by atoms with van der Waals surface area (Å²) in [4.78, 5) is 12.9. The number of rotatable bonds is 6. The van der Waals surface area contributed by atoms with Gasteiger partial charge < -0.3 is 5.32 Å². The molecular weight excluding hydrogens is 403 g/mol. The normalized spacial score (nSPS) is 22.1. The SMILES string of the molecule is CCc1ccc(C2CC(C(F)(F)F)n3ncc(C(=O)CCC4CCCCC4)c3N2)cc1. The van der Waals surface area contributed by atoms with Crippen LogP contribution in [0.2, 0.25) is 0 Å². The molecule has 0 saturated heterocycles. The molecule has 31 heavy (non-hydrogen) atoms. The zero-order valence-electron chi connectivity index (χ0n) is 17.9.